The normalized spacial score (nSPS) is 21.5. The molecule has 1 aliphatic rings. The van der Waals surface area contributed by atoms with E-state index in [0.717, 1.165) is 0 Å². The molecule has 3 heteroatoms. The van der Waals surface area contributed by atoms with Crippen molar-refractivity contribution < 1.29 is 0 Å². The van der Waals surface area contributed by atoms with Gasteiger partial charge in [-0.1, -0.05) is 6.07 Å². The standard InChI is InChI=1S/C12H19N3/c1-15-7-4-10(5-8-15)12(13)11-3-2-6-14-9-11/h2-3,6,9-10,12H,4-5,7-8,13H2,1H3. The number of piperidine rings is 1. The summed E-state index contributed by atoms with van der Waals surface area (Å²) in [4.78, 5) is 6.49. The quantitative estimate of drug-likeness (QED) is 0.794. The maximum Gasteiger partial charge on any atom is 0.0339 e. The first-order valence-electron chi connectivity index (χ1n) is 5.61. The minimum Gasteiger partial charge on any atom is -0.324 e. The Kier molecular flexibility index (Phi) is 3.34. The highest BCUT2D eigenvalue weighted by atomic mass is 15.1. The minimum absolute atomic E-state index is 0.160. The van der Waals surface area contributed by atoms with Crippen LogP contribution in [0.15, 0.2) is 24.5 Å². The Morgan fingerprint density at radius 2 is 2.20 bits per heavy atom. The highest BCUT2D eigenvalue weighted by Gasteiger charge is 2.23. The predicted molar refractivity (Wildman–Crippen MR) is 61.4 cm³/mol. The van der Waals surface area contributed by atoms with Gasteiger partial charge >= 0.3 is 0 Å². The molecule has 1 aliphatic heterocycles. The molecule has 15 heavy (non-hydrogen) atoms. The average Bonchev–Trinajstić information content (AvgIpc) is 2.30. The lowest BCUT2D eigenvalue weighted by Crippen LogP contribution is -2.35. The molecule has 1 fully saturated rings. The molecule has 0 aromatic carbocycles. The number of nitrogens with zero attached hydrogens (tertiary/aromatic N) is 2. The van der Waals surface area contributed by atoms with E-state index in [4.69, 9.17) is 5.73 Å². The van der Waals surface area contributed by atoms with Crippen molar-refractivity contribution in [3.63, 3.8) is 0 Å². The second-order valence-electron chi connectivity index (χ2n) is 4.45. The van der Waals surface area contributed by atoms with Crippen LogP contribution in [0.2, 0.25) is 0 Å². The summed E-state index contributed by atoms with van der Waals surface area (Å²) < 4.78 is 0. The molecule has 0 bridgehead atoms. The Labute approximate surface area is 91.3 Å². The monoisotopic (exact) mass is 205 g/mol. The Morgan fingerprint density at radius 1 is 1.47 bits per heavy atom. The van der Waals surface area contributed by atoms with E-state index in [2.05, 4.69) is 23.0 Å². The first-order chi connectivity index (χ1) is 7.27. The summed E-state index contributed by atoms with van der Waals surface area (Å²) in [6.07, 6.45) is 6.09. The third-order valence-corrected chi connectivity index (χ3v) is 3.34. The highest BCUT2D eigenvalue weighted by Crippen LogP contribution is 2.27. The lowest BCUT2D eigenvalue weighted by atomic mass is 9.87. The van der Waals surface area contributed by atoms with Gasteiger partial charge in [-0.3, -0.25) is 4.98 Å². The summed E-state index contributed by atoms with van der Waals surface area (Å²) in [7, 11) is 2.17. The van der Waals surface area contributed by atoms with Gasteiger partial charge in [0.25, 0.3) is 0 Å². The molecule has 2 rings (SSSR count). The molecule has 0 aliphatic carbocycles. The summed E-state index contributed by atoms with van der Waals surface area (Å²) >= 11 is 0. The molecular formula is C12H19N3. The van der Waals surface area contributed by atoms with Gasteiger partial charge in [-0.05, 0) is 50.5 Å². The van der Waals surface area contributed by atoms with Crippen LogP contribution in [-0.2, 0) is 0 Å². The van der Waals surface area contributed by atoms with Crippen molar-refractivity contribution in [1.82, 2.24) is 9.88 Å². The van der Waals surface area contributed by atoms with Crippen LogP contribution in [0.25, 0.3) is 0 Å². The molecule has 1 saturated heterocycles. The molecule has 0 radical (unpaired) electrons. The van der Waals surface area contributed by atoms with E-state index in [0.29, 0.717) is 5.92 Å². The summed E-state index contributed by atoms with van der Waals surface area (Å²) in [5.74, 6) is 0.616. The number of aromatic nitrogens is 1. The molecule has 2 heterocycles. The second-order valence-corrected chi connectivity index (χ2v) is 4.45. The second kappa shape index (κ2) is 4.73. The highest BCUT2D eigenvalue weighted by molar-refractivity contribution is 5.14. The van der Waals surface area contributed by atoms with E-state index in [1.165, 1.54) is 31.5 Å². The molecule has 2 N–H and O–H groups in total. The summed E-state index contributed by atoms with van der Waals surface area (Å²) in [5.41, 5.74) is 7.43. The van der Waals surface area contributed by atoms with E-state index >= 15 is 0 Å². The summed E-state index contributed by atoms with van der Waals surface area (Å²) in [6, 6.07) is 4.20. The fraction of sp³-hybridized carbons (Fsp3) is 0.583. The van der Waals surface area contributed by atoms with Gasteiger partial charge in [-0.2, -0.15) is 0 Å². The van der Waals surface area contributed by atoms with Crippen LogP contribution in [0.1, 0.15) is 24.4 Å². The van der Waals surface area contributed by atoms with Gasteiger partial charge in [0.15, 0.2) is 0 Å². The molecular weight excluding hydrogens is 186 g/mol. The zero-order chi connectivity index (χ0) is 10.7. The lowest BCUT2D eigenvalue weighted by Gasteiger charge is -2.32. The third-order valence-electron chi connectivity index (χ3n) is 3.34. The number of nitrogens with two attached hydrogens (primary N) is 1. The maximum atomic E-state index is 6.26. The number of likely N-dealkylation sites (tertiary alicyclic amines) is 1. The summed E-state index contributed by atoms with van der Waals surface area (Å²) in [6.45, 7) is 2.33. The van der Waals surface area contributed by atoms with E-state index in [1.807, 2.05) is 12.3 Å². The van der Waals surface area contributed by atoms with Gasteiger partial charge in [0, 0.05) is 18.4 Å². The van der Waals surface area contributed by atoms with Gasteiger partial charge in [0.05, 0.1) is 0 Å². The van der Waals surface area contributed by atoms with Crippen molar-refractivity contribution in [3.05, 3.63) is 30.1 Å². The van der Waals surface area contributed by atoms with Gasteiger partial charge in [0.1, 0.15) is 0 Å². The molecule has 1 aromatic heterocycles. The van der Waals surface area contributed by atoms with Gasteiger partial charge in [-0.15, -0.1) is 0 Å². The number of hydrogen-bond acceptors (Lipinski definition) is 3. The van der Waals surface area contributed by atoms with Crippen molar-refractivity contribution in [2.45, 2.75) is 18.9 Å². The van der Waals surface area contributed by atoms with Gasteiger partial charge in [-0.25, -0.2) is 0 Å². The Bertz CT molecular complexity index is 291. The maximum absolute atomic E-state index is 6.26. The molecule has 0 spiro atoms. The molecule has 0 saturated carbocycles. The fourth-order valence-electron chi connectivity index (χ4n) is 2.23. The van der Waals surface area contributed by atoms with Crippen LogP contribution in [-0.4, -0.2) is 30.0 Å². The topological polar surface area (TPSA) is 42.1 Å². The molecule has 1 unspecified atom stereocenters. The van der Waals surface area contributed by atoms with E-state index < -0.39 is 0 Å². The Morgan fingerprint density at radius 3 is 2.80 bits per heavy atom. The molecule has 1 aromatic rings. The zero-order valence-electron chi connectivity index (χ0n) is 9.26. The van der Waals surface area contributed by atoms with Crippen molar-refractivity contribution in [3.8, 4) is 0 Å². The van der Waals surface area contributed by atoms with Crippen LogP contribution in [0.3, 0.4) is 0 Å². The van der Waals surface area contributed by atoms with Crippen LogP contribution < -0.4 is 5.73 Å². The van der Waals surface area contributed by atoms with Crippen molar-refractivity contribution in [2.75, 3.05) is 20.1 Å². The van der Waals surface area contributed by atoms with Crippen LogP contribution >= 0.6 is 0 Å². The molecule has 1 atom stereocenters. The largest absolute Gasteiger partial charge is 0.324 e. The van der Waals surface area contributed by atoms with E-state index in [1.54, 1.807) is 6.20 Å². The first kappa shape index (κ1) is 10.6. The SMILES string of the molecule is CN1CCC(C(N)c2cccnc2)CC1. The molecule has 3 nitrogen and oxygen atoms in total. The number of hydrogen-bond donors (Lipinski definition) is 1. The van der Waals surface area contributed by atoms with Gasteiger partial charge < -0.3 is 10.6 Å². The summed E-state index contributed by atoms with van der Waals surface area (Å²) in [5, 5.41) is 0. The van der Waals surface area contributed by atoms with Crippen LogP contribution in [0, 0.1) is 5.92 Å². The Balaban J connectivity index is 1.99. The fourth-order valence-corrected chi connectivity index (χ4v) is 2.23. The van der Waals surface area contributed by atoms with Gasteiger partial charge in [0.2, 0.25) is 0 Å². The predicted octanol–water partition coefficient (Wildman–Crippen LogP) is 1.42. The van der Waals surface area contributed by atoms with Crippen molar-refractivity contribution >= 4 is 0 Å². The molecule has 82 valence electrons. The number of rotatable bonds is 2. The van der Waals surface area contributed by atoms with E-state index in [9.17, 15) is 0 Å². The zero-order valence-corrected chi connectivity index (χ0v) is 9.26. The van der Waals surface area contributed by atoms with Crippen LogP contribution in [0.4, 0.5) is 0 Å². The van der Waals surface area contributed by atoms with Crippen LogP contribution in [0.5, 0.6) is 0 Å². The Hall–Kier alpha value is -0.930. The van der Waals surface area contributed by atoms with Crippen molar-refractivity contribution in [2.24, 2.45) is 11.7 Å². The van der Waals surface area contributed by atoms with E-state index in [-0.39, 0.29) is 6.04 Å². The molecule has 0 amide bonds. The third kappa shape index (κ3) is 2.55. The van der Waals surface area contributed by atoms with Crippen molar-refractivity contribution in [1.29, 1.82) is 0 Å². The minimum atomic E-state index is 0.160. The number of pyridine rings is 1. The first-order valence-corrected chi connectivity index (χ1v) is 5.61. The smallest absolute Gasteiger partial charge is 0.0339 e. The lowest BCUT2D eigenvalue weighted by molar-refractivity contribution is 0.199. The average molecular weight is 205 g/mol.